The van der Waals surface area contributed by atoms with E-state index in [0.717, 1.165) is 11.1 Å². The van der Waals surface area contributed by atoms with Crippen molar-refractivity contribution in [3.05, 3.63) is 66.0 Å². The van der Waals surface area contributed by atoms with Crippen LogP contribution in [0.15, 0.2) is 54.9 Å². The molecule has 0 saturated heterocycles. The molecule has 2 aromatic rings. The summed E-state index contributed by atoms with van der Waals surface area (Å²) in [5.74, 6) is 0. The Hall–Kier alpha value is -1.67. The molecule has 2 heteroatoms. The van der Waals surface area contributed by atoms with Gasteiger partial charge in [0.2, 0.25) is 0 Å². The Balaban J connectivity index is 2.21. The van der Waals surface area contributed by atoms with Crippen LogP contribution in [-0.4, -0.2) is 10.1 Å². The van der Waals surface area contributed by atoms with E-state index in [9.17, 15) is 5.11 Å². The fourth-order valence-electron chi connectivity index (χ4n) is 1.78. The van der Waals surface area contributed by atoms with Crippen molar-refractivity contribution >= 4 is 0 Å². The molecular formula is C14H15NO. The predicted octanol–water partition coefficient (Wildman–Crippen LogP) is 2.53. The van der Waals surface area contributed by atoms with Gasteiger partial charge in [-0.25, -0.2) is 0 Å². The van der Waals surface area contributed by atoms with Crippen molar-refractivity contribution in [3.8, 4) is 0 Å². The summed E-state index contributed by atoms with van der Waals surface area (Å²) in [5.41, 5.74) is 1.10. The Morgan fingerprint density at radius 1 is 1.12 bits per heavy atom. The lowest BCUT2D eigenvalue weighted by Crippen LogP contribution is -2.24. The molecule has 0 aliphatic heterocycles. The molecule has 1 unspecified atom stereocenters. The number of hydrogen-bond acceptors (Lipinski definition) is 2. The molecule has 16 heavy (non-hydrogen) atoms. The number of hydrogen-bond donors (Lipinski definition) is 1. The molecule has 0 radical (unpaired) electrons. The van der Waals surface area contributed by atoms with Gasteiger partial charge in [-0.3, -0.25) is 4.98 Å². The highest BCUT2D eigenvalue weighted by atomic mass is 16.3. The topological polar surface area (TPSA) is 33.1 Å². The van der Waals surface area contributed by atoms with Gasteiger partial charge in [0.25, 0.3) is 0 Å². The van der Waals surface area contributed by atoms with E-state index in [4.69, 9.17) is 0 Å². The van der Waals surface area contributed by atoms with Crippen molar-refractivity contribution in [2.75, 3.05) is 0 Å². The molecule has 0 saturated carbocycles. The van der Waals surface area contributed by atoms with E-state index < -0.39 is 5.60 Å². The van der Waals surface area contributed by atoms with Crippen LogP contribution in [0.4, 0.5) is 0 Å². The number of benzene rings is 1. The second-order valence-electron chi connectivity index (χ2n) is 4.18. The average Bonchev–Trinajstić information content (AvgIpc) is 2.31. The van der Waals surface area contributed by atoms with Crippen molar-refractivity contribution in [1.29, 1.82) is 0 Å². The Bertz CT molecular complexity index is 437. The van der Waals surface area contributed by atoms with Crippen LogP contribution in [0.1, 0.15) is 18.1 Å². The van der Waals surface area contributed by atoms with Crippen LogP contribution in [0.5, 0.6) is 0 Å². The van der Waals surface area contributed by atoms with Crippen LogP contribution in [0, 0.1) is 0 Å². The fraction of sp³-hybridized carbons (Fsp3) is 0.214. The zero-order chi connectivity index (χ0) is 11.4. The molecule has 0 amide bonds. The number of pyridine rings is 1. The molecule has 1 aromatic heterocycles. The first kappa shape index (κ1) is 10.8. The standard InChI is InChI=1S/C14H15NO/c1-14(16,13-8-5-9-15-11-13)10-12-6-3-2-4-7-12/h2-9,11,16H,10H2,1H3. The zero-order valence-corrected chi connectivity index (χ0v) is 9.30. The molecule has 2 rings (SSSR count). The van der Waals surface area contributed by atoms with Crippen LogP contribution < -0.4 is 0 Å². The van der Waals surface area contributed by atoms with Crippen LogP contribution >= 0.6 is 0 Å². The molecule has 1 aromatic carbocycles. The summed E-state index contributed by atoms with van der Waals surface area (Å²) in [6.45, 7) is 1.82. The molecule has 1 N–H and O–H groups in total. The van der Waals surface area contributed by atoms with Gasteiger partial charge in [0.05, 0.1) is 5.60 Å². The van der Waals surface area contributed by atoms with Gasteiger partial charge in [-0.15, -0.1) is 0 Å². The average molecular weight is 213 g/mol. The lowest BCUT2D eigenvalue weighted by atomic mass is 9.90. The smallest absolute Gasteiger partial charge is 0.0923 e. The lowest BCUT2D eigenvalue weighted by Gasteiger charge is -2.23. The van der Waals surface area contributed by atoms with Crippen molar-refractivity contribution < 1.29 is 5.11 Å². The van der Waals surface area contributed by atoms with Crippen LogP contribution in [0.3, 0.4) is 0 Å². The molecule has 2 nitrogen and oxygen atoms in total. The first-order chi connectivity index (χ1) is 7.68. The molecule has 0 aliphatic rings. The van der Waals surface area contributed by atoms with Gasteiger partial charge >= 0.3 is 0 Å². The van der Waals surface area contributed by atoms with Crippen LogP contribution in [0.25, 0.3) is 0 Å². The third kappa shape index (κ3) is 2.47. The summed E-state index contributed by atoms with van der Waals surface area (Å²) >= 11 is 0. The summed E-state index contributed by atoms with van der Waals surface area (Å²) in [4.78, 5) is 4.03. The van der Waals surface area contributed by atoms with Crippen LogP contribution in [-0.2, 0) is 12.0 Å². The Labute approximate surface area is 95.6 Å². The first-order valence-corrected chi connectivity index (χ1v) is 5.35. The Kier molecular flexibility index (Phi) is 3.02. The molecule has 0 fully saturated rings. The lowest BCUT2D eigenvalue weighted by molar-refractivity contribution is 0.0573. The SMILES string of the molecule is CC(O)(Cc1ccccc1)c1cccnc1. The van der Waals surface area contributed by atoms with Gasteiger partial charge in [-0.1, -0.05) is 36.4 Å². The van der Waals surface area contributed by atoms with E-state index >= 15 is 0 Å². The second kappa shape index (κ2) is 4.45. The quantitative estimate of drug-likeness (QED) is 0.850. The largest absolute Gasteiger partial charge is 0.385 e. The van der Waals surface area contributed by atoms with Crippen molar-refractivity contribution in [2.24, 2.45) is 0 Å². The zero-order valence-electron chi connectivity index (χ0n) is 9.30. The summed E-state index contributed by atoms with van der Waals surface area (Å²) in [7, 11) is 0. The first-order valence-electron chi connectivity index (χ1n) is 5.35. The number of aliphatic hydroxyl groups is 1. The molecule has 0 aliphatic carbocycles. The number of nitrogens with zero attached hydrogens (tertiary/aromatic N) is 1. The maximum Gasteiger partial charge on any atom is 0.0923 e. The monoisotopic (exact) mass is 213 g/mol. The number of rotatable bonds is 3. The molecule has 0 spiro atoms. The van der Waals surface area contributed by atoms with Crippen LogP contribution in [0.2, 0.25) is 0 Å². The van der Waals surface area contributed by atoms with E-state index in [1.54, 1.807) is 12.4 Å². The molecule has 82 valence electrons. The van der Waals surface area contributed by atoms with Gasteiger partial charge in [-0.2, -0.15) is 0 Å². The summed E-state index contributed by atoms with van der Waals surface area (Å²) in [6, 6.07) is 13.7. The third-order valence-corrected chi connectivity index (χ3v) is 2.67. The van der Waals surface area contributed by atoms with Gasteiger partial charge < -0.3 is 5.11 Å². The van der Waals surface area contributed by atoms with Crippen molar-refractivity contribution in [1.82, 2.24) is 4.98 Å². The highest BCUT2D eigenvalue weighted by molar-refractivity contribution is 5.23. The van der Waals surface area contributed by atoms with E-state index in [0.29, 0.717) is 6.42 Å². The van der Waals surface area contributed by atoms with Gasteiger partial charge in [0.1, 0.15) is 0 Å². The normalized spacial score (nSPS) is 14.4. The van der Waals surface area contributed by atoms with Gasteiger partial charge in [0, 0.05) is 24.4 Å². The predicted molar refractivity (Wildman–Crippen MR) is 64.0 cm³/mol. The number of aromatic nitrogens is 1. The van der Waals surface area contributed by atoms with Crippen molar-refractivity contribution in [2.45, 2.75) is 18.9 Å². The highest BCUT2D eigenvalue weighted by Gasteiger charge is 2.23. The van der Waals surface area contributed by atoms with Gasteiger partial charge in [-0.05, 0) is 18.6 Å². The molecule has 1 heterocycles. The van der Waals surface area contributed by atoms with E-state index in [-0.39, 0.29) is 0 Å². The third-order valence-electron chi connectivity index (χ3n) is 2.67. The summed E-state index contributed by atoms with van der Waals surface area (Å²) < 4.78 is 0. The highest BCUT2D eigenvalue weighted by Crippen LogP contribution is 2.24. The molecule has 0 bridgehead atoms. The minimum absolute atomic E-state index is 0.597. The molecule has 1 atom stereocenters. The molecular weight excluding hydrogens is 198 g/mol. The maximum atomic E-state index is 10.4. The summed E-state index contributed by atoms with van der Waals surface area (Å²) in [5, 5.41) is 10.4. The fourth-order valence-corrected chi connectivity index (χ4v) is 1.78. The second-order valence-corrected chi connectivity index (χ2v) is 4.18. The Morgan fingerprint density at radius 2 is 1.88 bits per heavy atom. The van der Waals surface area contributed by atoms with Gasteiger partial charge in [0.15, 0.2) is 0 Å². The minimum atomic E-state index is -0.865. The Morgan fingerprint density at radius 3 is 2.50 bits per heavy atom. The maximum absolute atomic E-state index is 10.4. The van der Waals surface area contributed by atoms with E-state index in [1.165, 1.54) is 0 Å². The minimum Gasteiger partial charge on any atom is -0.385 e. The summed E-state index contributed by atoms with van der Waals surface area (Å²) in [6.07, 6.45) is 4.02. The van der Waals surface area contributed by atoms with Crippen molar-refractivity contribution in [3.63, 3.8) is 0 Å². The van der Waals surface area contributed by atoms with E-state index in [1.807, 2.05) is 49.4 Å². The van der Waals surface area contributed by atoms with E-state index in [2.05, 4.69) is 4.98 Å².